The van der Waals surface area contributed by atoms with Gasteiger partial charge in [0.1, 0.15) is 0 Å². The molecule has 0 aliphatic heterocycles. The van der Waals surface area contributed by atoms with E-state index < -0.39 is 0 Å². The first kappa shape index (κ1) is 17.8. The topological polar surface area (TPSA) is 30.5 Å². The van der Waals surface area contributed by atoms with E-state index in [2.05, 4.69) is 45.1 Å². The van der Waals surface area contributed by atoms with Gasteiger partial charge < -0.3 is 14.8 Å². The lowest BCUT2D eigenvalue weighted by Gasteiger charge is -2.21. The molecule has 120 valence electrons. The van der Waals surface area contributed by atoms with Crippen LogP contribution < -0.4 is 14.8 Å². The van der Waals surface area contributed by atoms with Crippen molar-refractivity contribution in [2.45, 2.75) is 66.0 Å². The van der Waals surface area contributed by atoms with E-state index in [1.807, 2.05) is 13.0 Å². The quantitative estimate of drug-likeness (QED) is 0.678. The lowest BCUT2D eigenvalue weighted by molar-refractivity contribution is 0.271. The number of hydrogen-bond donors (Lipinski definition) is 1. The van der Waals surface area contributed by atoms with Gasteiger partial charge in [0.2, 0.25) is 0 Å². The Labute approximate surface area is 130 Å². The van der Waals surface area contributed by atoms with E-state index in [4.69, 9.17) is 9.47 Å². The number of ether oxygens (including phenoxy) is 2. The van der Waals surface area contributed by atoms with Gasteiger partial charge in [0.15, 0.2) is 11.5 Å². The Bertz CT molecular complexity index is 410. The molecule has 1 aromatic rings. The van der Waals surface area contributed by atoms with Crippen molar-refractivity contribution in [1.82, 2.24) is 5.32 Å². The Balaban J connectivity index is 2.67. The largest absolute Gasteiger partial charge is 0.490 e. The molecule has 3 nitrogen and oxygen atoms in total. The first-order valence-electron chi connectivity index (χ1n) is 8.09. The lowest BCUT2D eigenvalue weighted by Crippen LogP contribution is -2.35. The van der Waals surface area contributed by atoms with Gasteiger partial charge in [0.05, 0.1) is 13.2 Å². The van der Waals surface area contributed by atoms with E-state index in [1.165, 1.54) is 18.4 Å². The van der Waals surface area contributed by atoms with E-state index in [-0.39, 0.29) is 5.54 Å². The number of hydrogen-bond acceptors (Lipinski definition) is 3. The fourth-order valence-electron chi connectivity index (χ4n) is 1.95. The van der Waals surface area contributed by atoms with Gasteiger partial charge in [0, 0.05) is 12.1 Å². The van der Waals surface area contributed by atoms with Crippen LogP contribution in [-0.4, -0.2) is 18.8 Å². The van der Waals surface area contributed by atoms with Crippen molar-refractivity contribution in [2.75, 3.05) is 13.2 Å². The summed E-state index contributed by atoms with van der Waals surface area (Å²) >= 11 is 0. The molecular formula is C18H31NO2. The maximum atomic E-state index is 5.85. The van der Waals surface area contributed by atoms with Gasteiger partial charge >= 0.3 is 0 Å². The monoisotopic (exact) mass is 293 g/mol. The van der Waals surface area contributed by atoms with Crippen molar-refractivity contribution in [2.24, 2.45) is 0 Å². The van der Waals surface area contributed by atoms with Gasteiger partial charge in [-0.2, -0.15) is 0 Å². The first-order chi connectivity index (χ1) is 9.96. The number of rotatable bonds is 9. The summed E-state index contributed by atoms with van der Waals surface area (Å²) in [6, 6.07) is 6.21. The Morgan fingerprint density at radius 2 is 1.76 bits per heavy atom. The van der Waals surface area contributed by atoms with E-state index in [0.717, 1.165) is 31.1 Å². The Hall–Kier alpha value is -1.22. The summed E-state index contributed by atoms with van der Waals surface area (Å²) in [4.78, 5) is 0. The second-order valence-corrected chi connectivity index (χ2v) is 6.37. The van der Waals surface area contributed by atoms with Crippen LogP contribution >= 0.6 is 0 Å². The predicted molar refractivity (Wildman–Crippen MR) is 89.2 cm³/mol. The summed E-state index contributed by atoms with van der Waals surface area (Å²) in [5.74, 6) is 1.70. The molecular weight excluding hydrogens is 262 g/mol. The van der Waals surface area contributed by atoms with Gasteiger partial charge in [-0.05, 0) is 51.8 Å². The third-order valence-corrected chi connectivity index (χ3v) is 3.14. The highest BCUT2D eigenvalue weighted by molar-refractivity contribution is 5.43. The third kappa shape index (κ3) is 7.37. The van der Waals surface area contributed by atoms with Gasteiger partial charge in [-0.1, -0.05) is 25.8 Å². The molecule has 1 rings (SSSR count). The first-order valence-corrected chi connectivity index (χ1v) is 8.09. The summed E-state index contributed by atoms with van der Waals surface area (Å²) < 4.78 is 11.6. The van der Waals surface area contributed by atoms with Gasteiger partial charge in [0.25, 0.3) is 0 Å². The minimum Gasteiger partial charge on any atom is -0.490 e. The van der Waals surface area contributed by atoms with Crippen molar-refractivity contribution in [1.29, 1.82) is 0 Å². The molecule has 0 amide bonds. The van der Waals surface area contributed by atoms with Crippen LogP contribution in [0.3, 0.4) is 0 Å². The second kappa shape index (κ2) is 8.93. The highest BCUT2D eigenvalue weighted by Gasteiger charge is 2.11. The van der Waals surface area contributed by atoms with E-state index in [9.17, 15) is 0 Å². The van der Waals surface area contributed by atoms with Crippen LogP contribution in [0, 0.1) is 0 Å². The minimum absolute atomic E-state index is 0.112. The standard InChI is InChI=1S/C18H31NO2/c1-6-8-9-12-21-16-11-10-15(13-17(16)20-7-2)14-19-18(3,4)5/h10-11,13,19H,6-9,12,14H2,1-5H3. The molecule has 0 bridgehead atoms. The normalized spacial score (nSPS) is 11.5. The maximum Gasteiger partial charge on any atom is 0.161 e. The van der Waals surface area contributed by atoms with Gasteiger partial charge in [-0.25, -0.2) is 0 Å². The van der Waals surface area contributed by atoms with Crippen LogP contribution in [0.2, 0.25) is 0 Å². The van der Waals surface area contributed by atoms with Gasteiger partial charge in [-0.15, -0.1) is 0 Å². The molecule has 1 aromatic carbocycles. The van der Waals surface area contributed by atoms with Crippen LogP contribution in [-0.2, 0) is 6.54 Å². The summed E-state index contributed by atoms with van der Waals surface area (Å²) in [5, 5.41) is 3.49. The molecule has 0 unspecified atom stereocenters. The van der Waals surface area contributed by atoms with Crippen LogP contribution in [0.5, 0.6) is 11.5 Å². The van der Waals surface area contributed by atoms with E-state index in [0.29, 0.717) is 6.61 Å². The highest BCUT2D eigenvalue weighted by atomic mass is 16.5. The zero-order valence-corrected chi connectivity index (χ0v) is 14.3. The smallest absolute Gasteiger partial charge is 0.161 e. The highest BCUT2D eigenvalue weighted by Crippen LogP contribution is 2.29. The fourth-order valence-corrected chi connectivity index (χ4v) is 1.95. The van der Waals surface area contributed by atoms with Crippen molar-refractivity contribution in [3.05, 3.63) is 23.8 Å². The van der Waals surface area contributed by atoms with Crippen molar-refractivity contribution in [3.8, 4) is 11.5 Å². The van der Waals surface area contributed by atoms with Crippen molar-refractivity contribution >= 4 is 0 Å². The third-order valence-electron chi connectivity index (χ3n) is 3.14. The Kier molecular flexibility index (Phi) is 7.58. The predicted octanol–water partition coefficient (Wildman–Crippen LogP) is 4.54. The molecule has 0 aliphatic carbocycles. The molecule has 0 aromatic heterocycles. The molecule has 0 spiro atoms. The van der Waals surface area contributed by atoms with Crippen LogP contribution in [0.4, 0.5) is 0 Å². The molecule has 0 atom stereocenters. The minimum atomic E-state index is 0.112. The average Bonchev–Trinajstić information content (AvgIpc) is 2.42. The molecule has 0 aliphatic rings. The molecule has 1 N–H and O–H groups in total. The summed E-state index contributed by atoms with van der Waals surface area (Å²) in [5.41, 5.74) is 1.33. The molecule has 0 radical (unpaired) electrons. The number of nitrogens with one attached hydrogen (secondary N) is 1. The number of benzene rings is 1. The van der Waals surface area contributed by atoms with Crippen molar-refractivity contribution < 1.29 is 9.47 Å². The van der Waals surface area contributed by atoms with Crippen molar-refractivity contribution in [3.63, 3.8) is 0 Å². The molecule has 21 heavy (non-hydrogen) atoms. The van der Waals surface area contributed by atoms with Crippen LogP contribution in [0.1, 0.15) is 59.4 Å². The Morgan fingerprint density at radius 1 is 1.00 bits per heavy atom. The molecule has 0 saturated carbocycles. The van der Waals surface area contributed by atoms with E-state index >= 15 is 0 Å². The lowest BCUT2D eigenvalue weighted by atomic mass is 10.1. The molecule has 0 heterocycles. The molecule has 0 saturated heterocycles. The number of unbranched alkanes of at least 4 members (excludes halogenated alkanes) is 2. The van der Waals surface area contributed by atoms with Crippen LogP contribution in [0.15, 0.2) is 18.2 Å². The van der Waals surface area contributed by atoms with Crippen LogP contribution in [0.25, 0.3) is 0 Å². The zero-order valence-electron chi connectivity index (χ0n) is 14.3. The fraction of sp³-hybridized carbons (Fsp3) is 0.667. The van der Waals surface area contributed by atoms with Gasteiger partial charge in [-0.3, -0.25) is 0 Å². The average molecular weight is 293 g/mol. The summed E-state index contributed by atoms with van der Waals surface area (Å²) in [6.45, 7) is 12.9. The van der Waals surface area contributed by atoms with E-state index in [1.54, 1.807) is 0 Å². The molecule has 3 heteroatoms. The zero-order chi connectivity index (χ0) is 15.7. The maximum absolute atomic E-state index is 5.85. The summed E-state index contributed by atoms with van der Waals surface area (Å²) in [7, 11) is 0. The Morgan fingerprint density at radius 3 is 2.38 bits per heavy atom. The summed E-state index contributed by atoms with van der Waals surface area (Å²) in [6.07, 6.45) is 3.51. The SMILES string of the molecule is CCCCCOc1ccc(CNC(C)(C)C)cc1OCC. The second-order valence-electron chi connectivity index (χ2n) is 6.37. The molecule has 0 fully saturated rings.